The minimum atomic E-state index is -4.38. The fourth-order valence-electron chi connectivity index (χ4n) is 4.19. The number of benzene rings is 2. The van der Waals surface area contributed by atoms with Crippen molar-refractivity contribution in [3.05, 3.63) is 69.9 Å². The van der Waals surface area contributed by atoms with Gasteiger partial charge >= 0.3 is 35.4 Å². The predicted molar refractivity (Wildman–Crippen MR) is 155 cm³/mol. The average molecular weight is 642 g/mol. The molecule has 1 N–H and O–H groups in total. The summed E-state index contributed by atoms with van der Waals surface area (Å²) in [6.07, 6.45) is 4.34. The Labute approximate surface area is 265 Å². The van der Waals surface area contributed by atoms with Crippen molar-refractivity contribution in [3.8, 4) is 5.75 Å². The average Bonchev–Trinajstić information content (AvgIpc) is 3.34. The van der Waals surface area contributed by atoms with E-state index in [0.29, 0.717) is 50.8 Å². The van der Waals surface area contributed by atoms with Gasteiger partial charge in [0.15, 0.2) is 12.3 Å². The Bertz CT molecular complexity index is 1670. The molecule has 3 aromatic rings. The number of oxazole rings is 1. The maximum atomic E-state index is 11.3. The Hall–Kier alpha value is -1.61. The Morgan fingerprint density at radius 2 is 1.77 bits per heavy atom. The van der Waals surface area contributed by atoms with E-state index in [1.165, 1.54) is 0 Å². The Morgan fingerprint density at radius 3 is 2.45 bits per heavy atom. The third kappa shape index (κ3) is 8.70. The molecule has 0 atom stereocenters. The van der Waals surface area contributed by atoms with Gasteiger partial charge in [0.05, 0.1) is 27.6 Å². The van der Waals surface area contributed by atoms with Crippen LogP contribution in [0, 0.1) is 0 Å². The summed E-state index contributed by atoms with van der Waals surface area (Å²) in [5.74, 6) is 0.456. The zero-order valence-electron chi connectivity index (χ0n) is 20.8. The van der Waals surface area contributed by atoms with E-state index in [1.54, 1.807) is 58.0 Å². The van der Waals surface area contributed by atoms with Crippen LogP contribution < -0.4 is 14.2 Å². The van der Waals surface area contributed by atoms with E-state index >= 15 is 0 Å². The van der Waals surface area contributed by atoms with Crippen LogP contribution in [0.1, 0.15) is 32.1 Å². The van der Waals surface area contributed by atoms with Crippen molar-refractivity contribution in [2.75, 3.05) is 23.0 Å². The first kappa shape index (κ1) is 32.9. The number of halogens is 2. The van der Waals surface area contributed by atoms with Crippen LogP contribution in [-0.4, -0.2) is 73.5 Å². The summed E-state index contributed by atoms with van der Waals surface area (Å²) in [5.41, 5.74) is 2.61. The van der Waals surface area contributed by atoms with Gasteiger partial charge in [0.25, 0.3) is 15.6 Å². The number of allylic oxidation sites excluding steroid dienone is 2. The molecule has 1 aliphatic heterocycles. The number of rotatable bonds is 11. The summed E-state index contributed by atoms with van der Waals surface area (Å²) >= 11 is 12.4. The summed E-state index contributed by atoms with van der Waals surface area (Å²) in [4.78, 5) is 1.78. The molecule has 2 heterocycles. The van der Waals surface area contributed by atoms with E-state index in [4.69, 9.17) is 36.9 Å². The number of fused-ring (bicyclic) bond motifs is 2. The van der Waals surface area contributed by atoms with Crippen molar-refractivity contribution in [2.24, 2.45) is 0 Å². The molecule has 0 amide bonds. The van der Waals surface area contributed by atoms with Crippen molar-refractivity contribution in [2.45, 2.75) is 32.7 Å². The van der Waals surface area contributed by atoms with Crippen LogP contribution in [0.4, 0.5) is 5.69 Å². The van der Waals surface area contributed by atoms with E-state index in [0.717, 1.165) is 5.57 Å². The maximum absolute atomic E-state index is 11.3. The fourth-order valence-corrected chi connectivity index (χ4v) is 5.50. The van der Waals surface area contributed by atoms with Crippen LogP contribution in [0.2, 0.25) is 10.0 Å². The van der Waals surface area contributed by atoms with Gasteiger partial charge in [-0.15, -0.1) is 0 Å². The molecular formula is C25H27Cl2N2NaO8S2. The quantitative estimate of drug-likeness (QED) is 0.186. The summed E-state index contributed by atoms with van der Waals surface area (Å²) in [6.45, 7) is 2.37. The van der Waals surface area contributed by atoms with Gasteiger partial charge in [0.1, 0.15) is 0 Å². The predicted octanol–water partition coefficient (Wildman–Crippen LogP) is 4.13. The fraction of sp³-hybridized carbons (Fsp3) is 0.320. The van der Waals surface area contributed by atoms with Gasteiger partial charge in [-0.1, -0.05) is 30.1 Å². The number of anilines is 1. The van der Waals surface area contributed by atoms with Crippen LogP contribution in [0.25, 0.3) is 17.2 Å². The molecule has 15 heteroatoms. The number of nitrogens with zero attached hydrogens (tertiary/aromatic N) is 2. The summed E-state index contributed by atoms with van der Waals surface area (Å²) in [6, 6.07) is 10.2. The van der Waals surface area contributed by atoms with E-state index in [-0.39, 0.29) is 55.5 Å². The molecule has 0 spiro atoms. The van der Waals surface area contributed by atoms with Gasteiger partial charge in [-0.05, 0) is 48.7 Å². The second-order valence-electron chi connectivity index (χ2n) is 8.88. The van der Waals surface area contributed by atoms with Crippen molar-refractivity contribution < 1.29 is 39.7 Å². The SMILES string of the molecule is CCC(=Cc1oc2ccc(Cl)cc2[n+]1CCCS(=O)(=O)[O-])C=C1Oc2ccc(Cl)cc2N1CCCS(=O)(=O)O.[NaH]. The summed E-state index contributed by atoms with van der Waals surface area (Å²) in [7, 11) is -8.51. The molecule has 0 saturated carbocycles. The van der Waals surface area contributed by atoms with Gasteiger partial charge in [-0.3, -0.25) is 4.55 Å². The molecule has 1 aromatic heterocycles. The molecule has 0 saturated heterocycles. The van der Waals surface area contributed by atoms with E-state index < -0.39 is 31.7 Å². The minimum absolute atomic E-state index is 0. The normalized spacial score (nSPS) is 14.9. The first-order valence-electron chi connectivity index (χ1n) is 12.0. The van der Waals surface area contributed by atoms with Crippen molar-refractivity contribution >= 4 is 95.9 Å². The van der Waals surface area contributed by atoms with Crippen molar-refractivity contribution in [3.63, 3.8) is 0 Å². The van der Waals surface area contributed by atoms with E-state index in [1.807, 2.05) is 6.92 Å². The molecule has 2 aromatic carbocycles. The summed E-state index contributed by atoms with van der Waals surface area (Å²) in [5, 5.41) is 0.949. The first-order chi connectivity index (χ1) is 18.3. The standard InChI is InChI=1S/C25H26Cl2N2O8S2.Na.H/c1-2-17(13-24-28(9-3-11-38(30,31)32)20-15-18(26)5-7-22(20)36-24)14-25-29(10-4-12-39(33,34)35)21-16-19(27)6-8-23(21)37-25;;/h5-8,13-16H,2-4,9-12H2,1H3,(H-,30,31,32,33,34,35);;. The monoisotopic (exact) mass is 640 g/mol. The molecule has 0 aliphatic carbocycles. The van der Waals surface area contributed by atoms with E-state index in [2.05, 4.69) is 0 Å². The van der Waals surface area contributed by atoms with Gasteiger partial charge in [-0.25, -0.2) is 8.42 Å². The van der Waals surface area contributed by atoms with Gasteiger partial charge < -0.3 is 18.6 Å². The molecule has 0 bridgehead atoms. The third-order valence-electron chi connectivity index (χ3n) is 5.97. The van der Waals surface area contributed by atoms with E-state index in [9.17, 15) is 21.4 Å². The molecule has 40 heavy (non-hydrogen) atoms. The van der Waals surface area contributed by atoms with Gasteiger partial charge in [-0.2, -0.15) is 13.0 Å². The number of hydrogen-bond acceptors (Lipinski definition) is 8. The second kappa shape index (κ2) is 13.6. The molecule has 1 aliphatic rings. The number of ether oxygens (including phenoxy) is 1. The zero-order valence-corrected chi connectivity index (χ0v) is 24.0. The van der Waals surface area contributed by atoms with Gasteiger partial charge in [0, 0.05) is 40.9 Å². The van der Waals surface area contributed by atoms with Crippen LogP contribution in [-0.2, 0) is 26.8 Å². The van der Waals surface area contributed by atoms with Crippen molar-refractivity contribution in [1.82, 2.24) is 0 Å². The molecule has 10 nitrogen and oxygen atoms in total. The Balaban J connectivity index is 0.00000441. The molecular weight excluding hydrogens is 614 g/mol. The van der Waals surface area contributed by atoms with Crippen LogP contribution >= 0.6 is 23.2 Å². The van der Waals surface area contributed by atoms with Gasteiger partial charge in [0.2, 0.25) is 11.5 Å². The molecule has 0 unspecified atom stereocenters. The topological polar surface area (TPSA) is 141 Å². The molecule has 0 radical (unpaired) electrons. The molecule has 212 valence electrons. The van der Waals surface area contributed by atoms with Crippen LogP contribution in [0.3, 0.4) is 0 Å². The number of aryl methyl sites for hydroxylation is 1. The molecule has 4 rings (SSSR count). The van der Waals surface area contributed by atoms with Crippen LogP contribution in [0.5, 0.6) is 5.75 Å². The first-order valence-corrected chi connectivity index (χ1v) is 15.9. The van der Waals surface area contributed by atoms with Crippen molar-refractivity contribution in [1.29, 1.82) is 0 Å². The third-order valence-corrected chi connectivity index (χ3v) is 8.03. The molecule has 0 fully saturated rings. The number of hydrogen-bond donors (Lipinski definition) is 1. The van der Waals surface area contributed by atoms with Crippen LogP contribution in [0.15, 0.2) is 58.3 Å². The Kier molecular flexibility index (Phi) is 11.2. The second-order valence-corrected chi connectivity index (χ2v) is 12.8. The Morgan fingerprint density at radius 1 is 1.07 bits per heavy atom. The zero-order chi connectivity index (χ0) is 28.4. The summed E-state index contributed by atoms with van der Waals surface area (Å²) < 4.78 is 79.0. The number of aromatic nitrogens is 1.